The normalized spacial score (nSPS) is 17.6. The molecule has 0 saturated heterocycles. The van der Waals surface area contributed by atoms with E-state index in [-0.39, 0.29) is 18.5 Å². The lowest BCUT2D eigenvalue weighted by Gasteiger charge is -2.24. The van der Waals surface area contributed by atoms with Gasteiger partial charge in [0, 0.05) is 18.8 Å². The molecule has 1 aromatic carbocycles. The average molecular weight is 381 g/mol. The highest BCUT2D eigenvalue weighted by Gasteiger charge is 2.30. The van der Waals surface area contributed by atoms with Crippen LogP contribution in [0.1, 0.15) is 29.4 Å². The summed E-state index contributed by atoms with van der Waals surface area (Å²) in [5, 5.41) is 3.41. The Kier molecular flexibility index (Phi) is 3.71. The molecule has 0 saturated carbocycles. The standard InChI is InChI=1S/C19H15N3O4S/c23-14-5-4-13(22-7-1-2-12(14)22)18(24)21-19-20-9-17(27-19)11-3-6-15-16(8-11)26-10-25-15/h1-3,6-9,13H,4-5,10H2,(H,20,21,24). The summed E-state index contributed by atoms with van der Waals surface area (Å²) in [5.74, 6) is 1.35. The fourth-order valence-corrected chi connectivity index (χ4v) is 4.21. The number of ketones is 1. The molecule has 7 nitrogen and oxygen atoms in total. The third kappa shape index (κ3) is 2.78. The van der Waals surface area contributed by atoms with E-state index in [4.69, 9.17) is 9.47 Å². The average Bonchev–Trinajstić information content (AvgIpc) is 3.41. The van der Waals surface area contributed by atoms with Gasteiger partial charge in [-0.1, -0.05) is 11.3 Å². The predicted octanol–water partition coefficient (Wildman–Crippen LogP) is 3.50. The summed E-state index contributed by atoms with van der Waals surface area (Å²) in [4.78, 5) is 29.9. The Hall–Kier alpha value is -3.13. The van der Waals surface area contributed by atoms with Crippen LogP contribution in [0.2, 0.25) is 0 Å². The molecule has 8 heteroatoms. The van der Waals surface area contributed by atoms with Gasteiger partial charge in [0.2, 0.25) is 12.7 Å². The number of fused-ring (bicyclic) bond motifs is 2. The van der Waals surface area contributed by atoms with Gasteiger partial charge in [-0.25, -0.2) is 4.98 Å². The van der Waals surface area contributed by atoms with Crippen LogP contribution < -0.4 is 14.8 Å². The lowest BCUT2D eigenvalue weighted by atomic mass is 10.0. The molecular weight excluding hydrogens is 366 g/mol. The fraction of sp³-hybridized carbons (Fsp3) is 0.211. The minimum Gasteiger partial charge on any atom is -0.454 e. The van der Waals surface area contributed by atoms with Crippen LogP contribution in [-0.2, 0) is 4.79 Å². The first-order valence-corrected chi connectivity index (χ1v) is 9.37. The number of amides is 1. The van der Waals surface area contributed by atoms with Gasteiger partial charge in [0.25, 0.3) is 0 Å². The molecule has 3 aromatic rings. The van der Waals surface area contributed by atoms with Gasteiger partial charge in [0.05, 0.1) is 10.6 Å². The van der Waals surface area contributed by atoms with Crippen molar-refractivity contribution in [1.82, 2.24) is 9.55 Å². The summed E-state index contributed by atoms with van der Waals surface area (Å²) in [7, 11) is 0. The van der Waals surface area contributed by atoms with E-state index < -0.39 is 6.04 Å². The number of carbonyl (C=O) groups excluding carboxylic acids is 2. The van der Waals surface area contributed by atoms with Crippen molar-refractivity contribution in [1.29, 1.82) is 0 Å². The van der Waals surface area contributed by atoms with Crippen LogP contribution in [0.3, 0.4) is 0 Å². The number of rotatable bonds is 3. The van der Waals surface area contributed by atoms with E-state index >= 15 is 0 Å². The lowest BCUT2D eigenvalue weighted by Crippen LogP contribution is -2.31. The van der Waals surface area contributed by atoms with Gasteiger partial charge in [-0.05, 0) is 42.3 Å². The van der Waals surface area contributed by atoms with Crippen molar-refractivity contribution >= 4 is 28.2 Å². The number of aromatic nitrogens is 2. The highest BCUT2D eigenvalue weighted by molar-refractivity contribution is 7.19. The number of nitrogens with zero attached hydrogens (tertiary/aromatic N) is 2. The second-order valence-electron chi connectivity index (χ2n) is 6.37. The maximum Gasteiger partial charge on any atom is 0.249 e. The zero-order valence-electron chi connectivity index (χ0n) is 14.2. The predicted molar refractivity (Wildman–Crippen MR) is 99.3 cm³/mol. The molecule has 4 heterocycles. The Balaban J connectivity index is 1.35. The minimum atomic E-state index is -0.398. The van der Waals surface area contributed by atoms with E-state index in [9.17, 15) is 9.59 Å². The number of benzene rings is 1. The Morgan fingerprint density at radius 3 is 3.07 bits per heavy atom. The number of nitrogens with one attached hydrogen (secondary N) is 1. The Bertz CT molecular complexity index is 1050. The lowest BCUT2D eigenvalue weighted by molar-refractivity contribution is -0.119. The van der Waals surface area contributed by atoms with Crippen LogP contribution in [0, 0.1) is 0 Å². The van der Waals surface area contributed by atoms with Gasteiger partial charge in [0.15, 0.2) is 22.4 Å². The van der Waals surface area contributed by atoms with Crippen molar-refractivity contribution in [3.05, 3.63) is 48.4 Å². The van der Waals surface area contributed by atoms with Crippen molar-refractivity contribution in [2.45, 2.75) is 18.9 Å². The molecule has 2 aromatic heterocycles. The number of ether oxygens (including phenoxy) is 2. The molecule has 1 N–H and O–H groups in total. The van der Waals surface area contributed by atoms with Gasteiger partial charge in [-0.15, -0.1) is 0 Å². The third-order valence-electron chi connectivity index (χ3n) is 4.74. The number of hydrogen-bond acceptors (Lipinski definition) is 6. The highest BCUT2D eigenvalue weighted by atomic mass is 32.1. The quantitative estimate of drug-likeness (QED) is 0.751. The topological polar surface area (TPSA) is 82.5 Å². The first-order chi connectivity index (χ1) is 13.2. The molecular formula is C19H15N3O4S. The van der Waals surface area contributed by atoms with E-state index in [2.05, 4.69) is 10.3 Å². The number of carbonyl (C=O) groups is 2. The number of thiazole rings is 1. The Morgan fingerprint density at radius 1 is 1.26 bits per heavy atom. The van der Waals surface area contributed by atoms with Crippen molar-refractivity contribution in [3.63, 3.8) is 0 Å². The highest BCUT2D eigenvalue weighted by Crippen LogP contribution is 2.38. The van der Waals surface area contributed by atoms with Crippen molar-refractivity contribution < 1.29 is 19.1 Å². The molecule has 1 unspecified atom stereocenters. The summed E-state index contributed by atoms with van der Waals surface area (Å²) in [5.41, 5.74) is 1.54. The van der Waals surface area contributed by atoms with Crippen LogP contribution in [0.5, 0.6) is 11.5 Å². The zero-order chi connectivity index (χ0) is 18.4. The van der Waals surface area contributed by atoms with Crippen molar-refractivity contribution in [2.24, 2.45) is 0 Å². The fourth-order valence-electron chi connectivity index (χ4n) is 3.40. The van der Waals surface area contributed by atoms with Crippen LogP contribution in [0.15, 0.2) is 42.7 Å². The molecule has 2 aliphatic heterocycles. The molecule has 0 fully saturated rings. The monoisotopic (exact) mass is 381 g/mol. The summed E-state index contributed by atoms with van der Waals surface area (Å²) in [6, 6.07) is 8.85. The maximum atomic E-state index is 12.7. The molecule has 1 atom stereocenters. The maximum absolute atomic E-state index is 12.7. The third-order valence-corrected chi connectivity index (χ3v) is 5.70. The number of Topliss-reactive ketones (excluding diaryl/α,β-unsaturated/α-hetero) is 1. The molecule has 0 radical (unpaired) electrons. The smallest absolute Gasteiger partial charge is 0.249 e. The van der Waals surface area contributed by atoms with E-state index in [1.165, 1.54) is 11.3 Å². The van der Waals surface area contributed by atoms with Crippen LogP contribution in [-0.4, -0.2) is 28.0 Å². The summed E-state index contributed by atoms with van der Waals surface area (Å²) >= 11 is 1.39. The van der Waals surface area contributed by atoms with E-state index in [1.807, 2.05) is 18.2 Å². The second kappa shape index (κ2) is 6.24. The largest absolute Gasteiger partial charge is 0.454 e. The minimum absolute atomic E-state index is 0.0726. The number of anilines is 1. The molecule has 136 valence electrons. The molecule has 27 heavy (non-hydrogen) atoms. The van der Waals surface area contributed by atoms with Gasteiger partial charge in [0.1, 0.15) is 6.04 Å². The second-order valence-corrected chi connectivity index (χ2v) is 7.40. The van der Waals surface area contributed by atoms with Gasteiger partial charge in [-0.3, -0.25) is 9.59 Å². The summed E-state index contributed by atoms with van der Waals surface area (Å²) < 4.78 is 12.5. The molecule has 0 spiro atoms. The van der Waals surface area contributed by atoms with Gasteiger partial charge < -0.3 is 19.4 Å². The van der Waals surface area contributed by atoms with Crippen LogP contribution in [0.4, 0.5) is 5.13 Å². The van der Waals surface area contributed by atoms with Crippen molar-refractivity contribution in [3.8, 4) is 21.9 Å². The summed E-state index contributed by atoms with van der Waals surface area (Å²) in [6.07, 6.45) is 4.37. The SMILES string of the molecule is O=C1CCC(C(=O)Nc2ncc(-c3ccc4c(c3)OCO4)s2)n2cccc21. The van der Waals surface area contributed by atoms with Gasteiger partial charge >= 0.3 is 0 Å². The van der Waals surface area contributed by atoms with Gasteiger partial charge in [-0.2, -0.15) is 0 Å². The molecule has 1 amide bonds. The first kappa shape index (κ1) is 16.1. The van der Waals surface area contributed by atoms with E-state index in [0.29, 0.717) is 29.4 Å². The van der Waals surface area contributed by atoms with E-state index in [1.54, 1.807) is 29.1 Å². The van der Waals surface area contributed by atoms with Crippen LogP contribution in [0.25, 0.3) is 10.4 Å². The zero-order valence-corrected chi connectivity index (χ0v) is 15.0. The Morgan fingerprint density at radius 2 is 2.15 bits per heavy atom. The molecule has 5 rings (SSSR count). The summed E-state index contributed by atoms with van der Waals surface area (Å²) in [6.45, 7) is 0.230. The molecule has 0 bridgehead atoms. The van der Waals surface area contributed by atoms with Crippen LogP contribution >= 0.6 is 11.3 Å². The Labute approximate surface area is 158 Å². The first-order valence-electron chi connectivity index (χ1n) is 8.56. The van der Waals surface area contributed by atoms with Crippen molar-refractivity contribution in [2.75, 3.05) is 12.1 Å². The molecule has 0 aliphatic carbocycles. The molecule has 2 aliphatic rings. The van der Waals surface area contributed by atoms with E-state index in [0.717, 1.165) is 16.2 Å². The number of hydrogen-bond donors (Lipinski definition) is 1.